The van der Waals surface area contributed by atoms with Crippen LogP contribution in [0.1, 0.15) is 32.8 Å². The standard InChI is InChI=1S/C15H22ClF3N2/c1-4-7-21(10-15(17,18)19)14-8-13(16)6-5-12(14)9-20-11(2)3/h5-6,8,11,20H,4,7,9-10H2,1-3H3. The molecule has 0 unspecified atom stereocenters. The minimum Gasteiger partial charge on any atom is -0.362 e. The van der Waals surface area contributed by atoms with Crippen LogP contribution in [0.15, 0.2) is 18.2 Å². The van der Waals surface area contributed by atoms with Gasteiger partial charge in [-0.3, -0.25) is 0 Å². The maximum absolute atomic E-state index is 12.8. The molecule has 0 saturated heterocycles. The third-order valence-electron chi connectivity index (χ3n) is 2.95. The van der Waals surface area contributed by atoms with Crippen LogP contribution < -0.4 is 10.2 Å². The Morgan fingerprint density at radius 2 is 1.95 bits per heavy atom. The second-order valence-electron chi connectivity index (χ2n) is 5.35. The topological polar surface area (TPSA) is 15.3 Å². The molecule has 6 heteroatoms. The number of benzene rings is 1. The van der Waals surface area contributed by atoms with Crippen LogP contribution in [-0.2, 0) is 6.54 Å². The number of anilines is 1. The molecule has 0 saturated carbocycles. The van der Waals surface area contributed by atoms with Crippen LogP contribution in [0.2, 0.25) is 5.02 Å². The molecule has 0 aliphatic rings. The van der Waals surface area contributed by atoms with Gasteiger partial charge in [-0.25, -0.2) is 0 Å². The number of nitrogens with zero attached hydrogens (tertiary/aromatic N) is 1. The summed E-state index contributed by atoms with van der Waals surface area (Å²) in [6, 6.07) is 5.36. The van der Waals surface area contributed by atoms with Crippen LogP contribution in [0.5, 0.6) is 0 Å². The van der Waals surface area contributed by atoms with Crippen molar-refractivity contribution in [1.82, 2.24) is 5.32 Å². The van der Waals surface area contributed by atoms with Gasteiger partial charge in [-0.15, -0.1) is 0 Å². The van der Waals surface area contributed by atoms with Crippen molar-refractivity contribution in [3.05, 3.63) is 28.8 Å². The molecule has 0 atom stereocenters. The Bertz CT molecular complexity index is 447. The molecule has 0 aliphatic carbocycles. The van der Waals surface area contributed by atoms with Crippen molar-refractivity contribution < 1.29 is 13.2 Å². The molecule has 1 aromatic rings. The molecule has 1 N–H and O–H groups in total. The van der Waals surface area contributed by atoms with Gasteiger partial charge in [0, 0.05) is 29.8 Å². The van der Waals surface area contributed by atoms with E-state index in [1.165, 1.54) is 4.90 Å². The molecule has 0 heterocycles. The van der Waals surface area contributed by atoms with Crippen molar-refractivity contribution in [1.29, 1.82) is 0 Å². The molecule has 2 nitrogen and oxygen atoms in total. The van der Waals surface area contributed by atoms with Gasteiger partial charge in [0.05, 0.1) is 0 Å². The third-order valence-corrected chi connectivity index (χ3v) is 3.19. The Kier molecular flexibility index (Phi) is 6.81. The highest BCUT2D eigenvalue weighted by Gasteiger charge is 2.31. The first kappa shape index (κ1) is 18.1. The van der Waals surface area contributed by atoms with E-state index in [0.717, 1.165) is 5.56 Å². The van der Waals surface area contributed by atoms with Gasteiger partial charge in [-0.2, -0.15) is 13.2 Å². The predicted molar refractivity (Wildman–Crippen MR) is 82.0 cm³/mol. The summed E-state index contributed by atoms with van der Waals surface area (Å²) >= 11 is 5.97. The molecule has 0 bridgehead atoms. The molecular formula is C15H22ClF3N2. The van der Waals surface area contributed by atoms with Gasteiger partial charge in [0.25, 0.3) is 0 Å². The highest BCUT2D eigenvalue weighted by atomic mass is 35.5. The summed E-state index contributed by atoms with van der Waals surface area (Å²) < 4.78 is 38.3. The van der Waals surface area contributed by atoms with Crippen molar-refractivity contribution in [3.8, 4) is 0 Å². The van der Waals surface area contributed by atoms with Crippen molar-refractivity contribution in [3.63, 3.8) is 0 Å². The molecule has 0 fully saturated rings. The van der Waals surface area contributed by atoms with Gasteiger partial charge in [0.15, 0.2) is 0 Å². The SMILES string of the molecule is CCCN(CC(F)(F)F)c1cc(Cl)ccc1CNC(C)C. The predicted octanol–water partition coefficient (Wildman–Crippen LogP) is 4.62. The zero-order valence-corrected chi connectivity index (χ0v) is 13.4. The fourth-order valence-electron chi connectivity index (χ4n) is 2.07. The second kappa shape index (κ2) is 7.90. The second-order valence-corrected chi connectivity index (χ2v) is 5.78. The van der Waals surface area contributed by atoms with Crippen LogP contribution in [0.4, 0.5) is 18.9 Å². The Hall–Kier alpha value is -0.940. The highest BCUT2D eigenvalue weighted by molar-refractivity contribution is 6.30. The van der Waals surface area contributed by atoms with E-state index in [1.54, 1.807) is 18.2 Å². The van der Waals surface area contributed by atoms with E-state index in [4.69, 9.17) is 11.6 Å². The van der Waals surface area contributed by atoms with E-state index in [1.807, 2.05) is 20.8 Å². The van der Waals surface area contributed by atoms with E-state index in [2.05, 4.69) is 5.32 Å². The zero-order chi connectivity index (χ0) is 16.0. The van der Waals surface area contributed by atoms with Gasteiger partial charge in [-0.1, -0.05) is 38.4 Å². The molecule has 0 aromatic heterocycles. The lowest BCUT2D eigenvalue weighted by Gasteiger charge is -2.28. The molecule has 1 aromatic carbocycles. The van der Waals surface area contributed by atoms with Crippen molar-refractivity contribution in [2.24, 2.45) is 0 Å². The summed E-state index contributed by atoms with van der Waals surface area (Å²) in [6.07, 6.45) is -3.60. The molecule has 1 rings (SSSR count). The fourth-order valence-corrected chi connectivity index (χ4v) is 2.23. The summed E-state index contributed by atoms with van der Waals surface area (Å²) in [4.78, 5) is 1.35. The van der Waals surface area contributed by atoms with Crippen LogP contribution in [0.3, 0.4) is 0 Å². The maximum atomic E-state index is 12.8. The first-order valence-electron chi connectivity index (χ1n) is 7.06. The van der Waals surface area contributed by atoms with Crippen LogP contribution in [0, 0.1) is 0 Å². The molecule has 0 radical (unpaired) electrons. The molecular weight excluding hydrogens is 301 g/mol. The van der Waals surface area contributed by atoms with Gasteiger partial charge in [0.1, 0.15) is 6.54 Å². The minimum atomic E-state index is -4.24. The highest BCUT2D eigenvalue weighted by Crippen LogP contribution is 2.28. The van der Waals surface area contributed by atoms with Crippen molar-refractivity contribution in [2.75, 3.05) is 18.0 Å². The number of rotatable bonds is 7. The van der Waals surface area contributed by atoms with E-state index >= 15 is 0 Å². The minimum absolute atomic E-state index is 0.260. The molecule has 21 heavy (non-hydrogen) atoms. The largest absolute Gasteiger partial charge is 0.405 e. The van der Waals surface area contributed by atoms with E-state index in [-0.39, 0.29) is 6.04 Å². The molecule has 0 aliphatic heterocycles. The van der Waals surface area contributed by atoms with E-state index in [0.29, 0.717) is 30.2 Å². The lowest BCUT2D eigenvalue weighted by Crippen LogP contribution is -2.36. The normalized spacial score (nSPS) is 12.0. The first-order valence-corrected chi connectivity index (χ1v) is 7.44. The van der Waals surface area contributed by atoms with Gasteiger partial charge >= 0.3 is 6.18 Å². The Labute approximate surface area is 129 Å². The van der Waals surface area contributed by atoms with Crippen molar-refractivity contribution in [2.45, 2.75) is 46.0 Å². The number of alkyl halides is 3. The summed E-state index contributed by atoms with van der Waals surface area (Å²) in [7, 11) is 0. The number of halogens is 4. The van der Waals surface area contributed by atoms with Crippen LogP contribution in [-0.4, -0.2) is 25.3 Å². The smallest absolute Gasteiger partial charge is 0.362 e. The number of nitrogens with one attached hydrogen (secondary N) is 1. The van der Waals surface area contributed by atoms with Crippen LogP contribution in [0.25, 0.3) is 0 Å². The number of hydrogen-bond acceptors (Lipinski definition) is 2. The lowest BCUT2D eigenvalue weighted by molar-refractivity contribution is -0.119. The van der Waals surface area contributed by atoms with Crippen LogP contribution >= 0.6 is 11.6 Å². The average molecular weight is 323 g/mol. The Balaban J connectivity index is 3.06. The molecule has 120 valence electrons. The number of hydrogen-bond donors (Lipinski definition) is 1. The van der Waals surface area contributed by atoms with Gasteiger partial charge in [-0.05, 0) is 24.1 Å². The Morgan fingerprint density at radius 1 is 1.29 bits per heavy atom. The van der Waals surface area contributed by atoms with Crippen molar-refractivity contribution >= 4 is 17.3 Å². The van der Waals surface area contributed by atoms with E-state index in [9.17, 15) is 13.2 Å². The quantitative estimate of drug-likeness (QED) is 0.788. The van der Waals surface area contributed by atoms with Gasteiger partial charge < -0.3 is 10.2 Å². The average Bonchev–Trinajstić information content (AvgIpc) is 2.35. The molecule has 0 spiro atoms. The summed E-state index contributed by atoms with van der Waals surface area (Å²) in [5, 5.41) is 3.68. The van der Waals surface area contributed by atoms with E-state index < -0.39 is 12.7 Å². The summed E-state index contributed by atoms with van der Waals surface area (Å²) in [6.45, 7) is 5.75. The first-order chi connectivity index (χ1) is 9.73. The fraction of sp³-hybridized carbons (Fsp3) is 0.600. The van der Waals surface area contributed by atoms with Gasteiger partial charge in [0.2, 0.25) is 0 Å². The molecule has 0 amide bonds. The Morgan fingerprint density at radius 3 is 2.48 bits per heavy atom. The monoisotopic (exact) mass is 322 g/mol. The zero-order valence-electron chi connectivity index (χ0n) is 12.6. The summed E-state index contributed by atoms with van der Waals surface area (Å²) in [5.41, 5.74) is 1.38. The maximum Gasteiger partial charge on any atom is 0.405 e. The summed E-state index contributed by atoms with van der Waals surface area (Å²) in [5.74, 6) is 0. The third kappa shape index (κ3) is 6.57. The lowest BCUT2D eigenvalue weighted by atomic mass is 10.1.